The summed E-state index contributed by atoms with van der Waals surface area (Å²) in [6.45, 7) is 3.55. The first-order valence-corrected chi connectivity index (χ1v) is 12.5. The highest BCUT2D eigenvalue weighted by molar-refractivity contribution is 6.00. The summed E-state index contributed by atoms with van der Waals surface area (Å²) in [6.07, 6.45) is 7.51. The van der Waals surface area contributed by atoms with Crippen LogP contribution in [0.3, 0.4) is 0 Å². The number of carboxylic acid groups (broad SMARTS) is 2. The molecule has 0 spiro atoms. The van der Waals surface area contributed by atoms with Crippen molar-refractivity contribution >= 4 is 35.8 Å². The molecule has 0 radical (unpaired) electrons. The van der Waals surface area contributed by atoms with Gasteiger partial charge in [-0.1, -0.05) is 24.3 Å². The zero-order valence-electron chi connectivity index (χ0n) is 22.2. The summed E-state index contributed by atoms with van der Waals surface area (Å²) in [5.74, 6) is -5.75. The predicted molar refractivity (Wildman–Crippen MR) is 143 cm³/mol. The summed E-state index contributed by atoms with van der Waals surface area (Å²) in [5.41, 5.74) is 0.940. The smallest absolute Gasteiger partial charge is 0.346 e. The highest BCUT2D eigenvalue weighted by Gasteiger charge is 2.20. The highest BCUT2D eigenvalue weighted by atomic mass is 16.6. The summed E-state index contributed by atoms with van der Waals surface area (Å²) in [6, 6.07) is 7.79. The number of carbonyl (C=O) groups is 6. The third kappa shape index (κ3) is 9.46. The Morgan fingerprint density at radius 3 is 1.35 bits per heavy atom. The van der Waals surface area contributed by atoms with Crippen LogP contribution in [0.2, 0.25) is 0 Å². The minimum Gasteiger partial charge on any atom is -0.478 e. The van der Waals surface area contributed by atoms with Gasteiger partial charge < -0.3 is 19.7 Å². The van der Waals surface area contributed by atoms with E-state index in [-0.39, 0.29) is 60.8 Å². The molecular formula is C30H30O10. The van der Waals surface area contributed by atoms with Crippen LogP contribution in [-0.2, 0) is 31.9 Å². The normalized spacial score (nSPS) is 10.9. The predicted octanol–water partition coefficient (Wildman–Crippen LogP) is 4.95. The molecule has 10 nitrogen and oxygen atoms in total. The molecule has 0 aliphatic heterocycles. The SMILES string of the molecule is CC=CCc1cc(C(=O)O)ccc1C(=O)OC(=O)CCCCC(=O)OC(=O)c1ccc(C(=O)O)cc1CC=CC. The fraction of sp³-hybridized carbons (Fsp3) is 0.267. The van der Waals surface area contributed by atoms with Crippen molar-refractivity contribution in [3.8, 4) is 0 Å². The lowest BCUT2D eigenvalue weighted by molar-refractivity contribution is -0.140. The van der Waals surface area contributed by atoms with Gasteiger partial charge in [0.1, 0.15) is 0 Å². The van der Waals surface area contributed by atoms with Crippen molar-refractivity contribution < 1.29 is 48.5 Å². The van der Waals surface area contributed by atoms with E-state index in [1.807, 2.05) is 0 Å². The van der Waals surface area contributed by atoms with Crippen LogP contribution in [0, 0.1) is 0 Å². The number of carboxylic acids is 2. The molecule has 0 atom stereocenters. The number of hydrogen-bond acceptors (Lipinski definition) is 8. The van der Waals surface area contributed by atoms with E-state index in [9.17, 15) is 39.0 Å². The maximum Gasteiger partial charge on any atom is 0.346 e. The molecule has 0 amide bonds. The van der Waals surface area contributed by atoms with Crippen molar-refractivity contribution in [3.63, 3.8) is 0 Å². The standard InChI is InChI=1S/C30H30O10/c1-3-5-9-19-17-21(27(33)34)13-15-23(19)29(37)39-25(31)11-7-8-12-26(32)40-30(38)24-16-14-22(28(35)36)18-20(24)10-6-4-2/h3-6,13-18H,7-12H2,1-2H3,(H,33,34)(H,35,36). The summed E-state index contributed by atoms with van der Waals surface area (Å²) in [4.78, 5) is 71.8. The molecule has 0 saturated carbocycles. The fourth-order valence-corrected chi connectivity index (χ4v) is 3.64. The van der Waals surface area contributed by atoms with Gasteiger partial charge in [-0.25, -0.2) is 19.2 Å². The van der Waals surface area contributed by atoms with Gasteiger partial charge in [-0.2, -0.15) is 0 Å². The molecule has 2 rings (SSSR count). The van der Waals surface area contributed by atoms with E-state index in [1.165, 1.54) is 36.4 Å². The Balaban J connectivity index is 1.88. The third-order valence-corrected chi connectivity index (χ3v) is 5.72. The van der Waals surface area contributed by atoms with Crippen LogP contribution >= 0.6 is 0 Å². The zero-order chi connectivity index (χ0) is 29.7. The monoisotopic (exact) mass is 550 g/mol. The number of aromatic carboxylic acids is 2. The van der Waals surface area contributed by atoms with Gasteiger partial charge >= 0.3 is 35.8 Å². The number of benzene rings is 2. The highest BCUT2D eigenvalue weighted by Crippen LogP contribution is 2.18. The Kier molecular flexibility index (Phi) is 12.2. The number of allylic oxidation sites excluding steroid dienone is 4. The first kappa shape index (κ1) is 31.4. The molecular weight excluding hydrogens is 520 g/mol. The number of unbranched alkanes of at least 4 members (excludes halogenated alkanes) is 1. The number of rotatable bonds is 13. The maximum absolute atomic E-state index is 12.5. The van der Waals surface area contributed by atoms with Crippen molar-refractivity contribution in [3.05, 3.63) is 94.1 Å². The first-order valence-electron chi connectivity index (χ1n) is 12.5. The van der Waals surface area contributed by atoms with Crippen LogP contribution in [0.25, 0.3) is 0 Å². The Bertz CT molecular complexity index is 1250. The molecule has 0 heterocycles. The molecule has 40 heavy (non-hydrogen) atoms. The molecule has 2 aromatic rings. The Morgan fingerprint density at radius 2 is 1.02 bits per heavy atom. The summed E-state index contributed by atoms with van der Waals surface area (Å²) >= 11 is 0. The van der Waals surface area contributed by atoms with Gasteiger partial charge in [0.2, 0.25) is 0 Å². The largest absolute Gasteiger partial charge is 0.478 e. The van der Waals surface area contributed by atoms with Crippen molar-refractivity contribution in [2.24, 2.45) is 0 Å². The van der Waals surface area contributed by atoms with Crippen LogP contribution in [0.15, 0.2) is 60.7 Å². The van der Waals surface area contributed by atoms with E-state index in [1.54, 1.807) is 38.2 Å². The second kappa shape index (κ2) is 15.5. The molecule has 2 N–H and O–H groups in total. The molecule has 0 aromatic heterocycles. The molecule has 210 valence electrons. The topological polar surface area (TPSA) is 161 Å². The lowest BCUT2D eigenvalue weighted by atomic mass is 10.0. The summed E-state index contributed by atoms with van der Waals surface area (Å²) < 4.78 is 9.78. The van der Waals surface area contributed by atoms with E-state index in [2.05, 4.69) is 0 Å². The molecule has 0 saturated heterocycles. The second-order valence-corrected chi connectivity index (χ2v) is 8.63. The molecule has 0 bridgehead atoms. The number of carbonyl (C=O) groups excluding carboxylic acids is 4. The second-order valence-electron chi connectivity index (χ2n) is 8.63. The van der Waals surface area contributed by atoms with Gasteiger partial charge in [-0.3, -0.25) is 9.59 Å². The van der Waals surface area contributed by atoms with Gasteiger partial charge in [0.15, 0.2) is 0 Å². The van der Waals surface area contributed by atoms with Crippen molar-refractivity contribution in [2.75, 3.05) is 0 Å². The van der Waals surface area contributed by atoms with Gasteiger partial charge in [-0.05, 0) is 87.1 Å². The van der Waals surface area contributed by atoms with Gasteiger partial charge in [0.05, 0.1) is 22.3 Å². The van der Waals surface area contributed by atoms with Crippen LogP contribution in [-0.4, -0.2) is 46.0 Å². The summed E-state index contributed by atoms with van der Waals surface area (Å²) in [7, 11) is 0. The minimum atomic E-state index is -1.15. The number of hydrogen-bond donors (Lipinski definition) is 2. The average Bonchev–Trinajstić information content (AvgIpc) is 2.92. The summed E-state index contributed by atoms with van der Waals surface area (Å²) in [5, 5.41) is 18.4. The molecule has 10 heteroatoms. The Morgan fingerprint density at radius 1 is 0.650 bits per heavy atom. The van der Waals surface area contributed by atoms with Crippen molar-refractivity contribution in [1.29, 1.82) is 0 Å². The van der Waals surface area contributed by atoms with Crippen LogP contribution < -0.4 is 0 Å². The van der Waals surface area contributed by atoms with Gasteiger partial charge in [0.25, 0.3) is 0 Å². The molecule has 0 aliphatic rings. The van der Waals surface area contributed by atoms with Crippen molar-refractivity contribution in [1.82, 2.24) is 0 Å². The van der Waals surface area contributed by atoms with Gasteiger partial charge in [-0.15, -0.1) is 0 Å². The van der Waals surface area contributed by atoms with E-state index >= 15 is 0 Å². The zero-order valence-corrected chi connectivity index (χ0v) is 22.2. The minimum absolute atomic E-state index is 0.000886. The van der Waals surface area contributed by atoms with Crippen molar-refractivity contribution in [2.45, 2.75) is 52.4 Å². The molecule has 0 fully saturated rings. The fourth-order valence-electron chi connectivity index (χ4n) is 3.64. The Hall–Kier alpha value is -4.86. The van der Waals surface area contributed by atoms with Gasteiger partial charge in [0, 0.05) is 12.8 Å². The molecule has 0 aliphatic carbocycles. The van der Waals surface area contributed by atoms with E-state index < -0.39 is 35.8 Å². The quantitative estimate of drug-likeness (QED) is 0.151. The molecule has 2 aromatic carbocycles. The third-order valence-electron chi connectivity index (χ3n) is 5.72. The number of esters is 4. The lowest BCUT2D eigenvalue weighted by Gasteiger charge is -2.09. The van der Waals surface area contributed by atoms with E-state index in [4.69, 9.17) is 9.47 Å². The number of ether oxygens (including phenoxy) is 2. The lowest BCUT2D eigenvalue weighted by Crippen LogP contribution is -2.16. The van der Waals surface area contributed by atoms with E-state index in [0.29, 0.717) is 11.1 Å². The molecule has 0 unspecified atom stereocenters. The van der Waals surface area contributed by atoms with Crippen LogP contribution in [0.4, 0.5) is 0 Å². The van der Waals surface area contributed by atoms with Crippen LogP contribution in [0.5, 0.6) is 0 Å². The average molecular weight is 551 g/mol. The maximum atomic E-state index is 12.5. The van der Waals surface area contributed by atoms with E-state index in [0.717, 1.165) is 0 Å². The Labute approximate surface area is 230 Å². The first-order chi connectivity index (χ1) is 19.1. The van der Waals surface area contributed by atoms with Crippen LogP contribution in [0.1, 0.15) is 92.1 Å².